The van der Waals surface area contributed by atoms with Crippen LogP contribution in [0.3, 0.4) is 0 Å². The van der Waals surface area contributed by atoms with Crippen molar-refractivity contribution in [1.82, 2.24) is 10.3 Å². The molecule has 5 heteroatoms. The number of aromatic nitrogens is 1. The predicted molar refractivity (Wildman–Crippen MR) is 121 cm³/mol. The van der Waals surface area contributed by atoms with Crippen molar-refractivity contribution in [3.63, 3.8) is 0 Å². The Balaban J connectivity index is 1.26. The summed E-state index contributed by atoms with van der Waals surface area (Å²) >= 11 is 1.90. The molecular weight excluding hydrogens is 392 g/mol. The maximum absolute atomic E-state index is 6.38. The van der Waals surface area contributed by atoms with E-state index in [1.807, 2.05) is 23.6 Å². The van der Waals surface area contributed by atoms with Crippen molar-refractivity contribution in [3.05, 3.63) is 51.5 Å². The topological polar surface area (TPSA) is 43.4 Å². The summed E-state index contributed by atoms with van der Waals surface area (Å²) in [5.74, 6) is 0. The third kappa shape index (κ3) is 4.10. The number of aryl methyl sites for hydroxylation is 1. The Morgan fingerprint density at radius 3 is 2.93 bits per heavy atom. The van der Waals surface area contributed by atoms with Crippen LogP contribution in [0.5, 0.6) is 0 Å². The molecule has 0 aromatic carbocycles. The zero-order valence-corrected chi connectivity index (χ0v) is 18.9. The average molecular weight is 427 g/mol. The fraction of sp³-hybridized carbons (Fsp3) is 0.640. The number of thiophene rings is 1. The first-order valence-corrected chi connectivity index (χ1v) is 12.5. The van der Waals surface area contributed by atoms with Crippen molar-refractivity contribution in [2.75, 3.05) is 26.3 Å². The molecule has 1 aliphatic carbocycles. The molecule has 162 valence electrons. The van der Waals surface area contributed by atoms with Crippen molar-refractivity contribution in [3.8, 4) is 0 Å². The molecule has 2 aliphatic heterocycles. The molecule has 2 aromatic rings. The Hall–Kier alpha value is -1.27. The number of pyridine rings is 1. The maximum atomic E-state index is 6.38. The summed E-state index contributed by atoms with van der Waals surface area (Å²) in [4.78, 5) is 7.65. The van der Waals surface area contributed by atoms with E-state index in [9.17, 15) is 0 Å². The van der Waals surface area contributed by atoms with Crippen LogP contribution in [0.4, 0.5) is 0 Å². The van der Waals surface area contributed by atoms with E-state index in [1.54, 1.807) is 0 Å². The van der Waals surface area contributed by atoms with E-state index in [0.717, 1.165) is 52.0 Å². The third-order valence-corrected chi connectivity index (χ3v) is 8.62. The summed E-state index contributed by atoms with van der Waals surface area (Å²) in [6.45, 7) is 5.79. The summed E-state index contributed by atoms with van der Waals surface area (Å²) in [5.41, 5.74) is 2.96. The molecule has 1 spiro atoms. The molecule has 0 amide bonds. The van der Waals surface area contributed by atoms with Gasteiger partial charge in [0.15, 0.2) is 0 Å². The van der Waals surface area contributed by atoms with Gasteiger partial charge in [-0.05, 0) is 75.8 Å². The molecule has 30 heavy (non-hydrogen) atoms. The van der Waals surface area contributed by atoms with Gasteiger partial charge in [-0.15, -0.1) is 11.3 Å². The Labute approximate surface area is 184 Å². The van der Waals surface area contributed by atoms with Gasteiger partial charge in [0.2, 0.25) is 0 Å². The minimum Gasteiger partial charge on any atom is -0.375 e. The number of hydrogen-bond donors (Lipinski definition) is 1. The van der Waals surface area contributed by atoms with Crippen LogP contribution in [0.15, 0.2) is 30.5 Å². The number of fused-ring (bicyclic) bond motifs is 1. The molecule has 1 saturated carbocycles. The normalized spacial score (nSPS) is 28.0. The van der Waals surface area contributed by atoms with Crippen LogP contribution in [-0.2, 0) is 21.3 Å². The second-order valence-corrected chi connectivity index (χ2v) is 10.8. The van der Waals surface area contributed by atoms with Crippen LogP contribution in [0.1, 0.15) is 72.1 Å². The van der Waals surface area contributed by atoms with Gasteiger partial charge in [-0.3, -0.25) is 4.98 Å². The van der Waals surface area contributed by atoms with Gasteiger partial charge >= 0.3 is 0 Å². The van der Waals surface area contributed by atoms with Crippen molar-refractivity contribution in [1.29, 1.82) is 0 Å². The first-order chi connectivity index (χ1) is 14.7. The Morgan fingerprint density at radius 1 is 1.20 bits per heavy atom. The molecule has 2 fully saturated rings. The Bertz CT molecular complexity index is 846. The number of rotatable bonds is 6. The molecule has 1 unspecified atom stereocenters. The lowest BCUT2D eigenvalue weighted by atomic mass is 9.68. The number of nitrogens with zero attached hydrogens (tertiary/aromatic N) is 1. The number of hydrogen-bond acceptors (Lipinski definition) is 5. The van der Waals surface area contributed by atoms with Gasteiger partial charge in [0.1, 0.15) is 6.10 Å². The number of nitrogens with one attached hydrogen (secondary N) is 1. The van der Waals surface area contributed by atoms with Gasteiger partial charge in [-0.2, -0.15) is 0 Å². The molecular formula is C25H34N2O2S. The van der Waals surface area contributed by atoms with E-state index in [4.69, 9.17) is 14.5 Å². The lowest BCUT2D eigenvalue weighted by molar-refractivity contribution is -0.104. The van der Waals surface area contributed by atoms with Gasteiger partial charge in [-0.1, -0.05) is 18.9 Å². The van der Waals surface area contributed by atoms with Crippen molar-refractivity contribution < 1.29 is 9.47 Å². The third-order valence-electron chi connectivity index (χ3n) is 7.43. The molecule has 3 aliphatic rings. The molecule has 5 rings (SSSR count). The highest BCUT2D eigenvalue weighted by atomic mass is 32.1. The minimum absolute atomic E-state index is 0.0889. The molecule has 2 atom stereocenters. The highest BCUT2D eigenvalue weighted by molar-refractivity contribution is 7.12. The first kappa shape index (κ1) is 20.6. The average Bonchev–Trinajstić information content (AvgIpc) is 3.38. The zero-order chi connectivity index (χ0) is 20.4. The number of ether oxygens (including phenoxy) is 2. The fourth-order valence-electron chi connectivity index (χ4n) is 5.95. The van der Waals surface area contributed by atoms with E-state index in [2.05, 4.69) is 30.4 Å². The van der Waals surface area contributed by atoms with Crippen LogP contribution < -0.4 is 5.32 Å². The van der Waals surface area contributed by atoms with Gasteiger partial charge < -0.3 is 14.8 Å². The molecule has 1 saturated heterocycles. The highest BCUT2D eigenvalue weighted by Gasteiger charge is 2.48. The molecule has 1 N–H and O–H groups in total. The van der Waals surface area contributed by atoms with Gasteiger partial charge in [0, 0.05) is 40.2 Å². The first-order valence-electron chi connectivity index (χ1n) is 11.7. The van der Waals surface area contributed by atoms with E-state index in [-0.39, 0.29) is 17.1 Å². The van der Waals surface area contributed by atoms with E-state index in [0.29, 0.717) is 0 Å². The second kappa shape index (κ2) is 8.70. The molecule has 0 bridgehead atoms. The van der Waals surface area contributed by atoms with Crippen LogP contribution >= 0.6 is 11.3 Å². The van der Waals surface area contributed by atoms with Crippen LogP contribution in [0.25, 0.3) is 0 Å². The zero-order valence-electron chi connectivity index (χ0n) is 18.1. The largest absolute Gasteiger partial charge is 0.375 e. The van der Waals surface area contributed by atoms with Crippen molar-refractivity contribution >= 4 is 11.3 Å². The Kier molecular flexibility index (Phi) is 5.98. The molecule has 4 heterocycles. The molecule has 4 nitrogen and oxygen atoms in total. The van der Waals surface area contributed by atoms with Gasteiger partial charge in [0.25, 0.3) is 0 Å². The maximum Gasteiger partial charge on any atom is 0.104 e. The fourth-order valence-corrected chi connectivity index (χ4v) is 7.07. The summed E-state index contributed by atoms with van der Waals surface area (Å²) in [7, 11) is 0. The monoisotopic (exact) mass is 426 g/mol. The summed E-state index contributed by atoms with van der Waals surface area (Å²) in [6, 6.07) is 8.75. The summed E-state index contributed by atoms with van der Waals surface area (Å²) in [6.07, 6.45) is 11.5. The van der Waals surface area contributed by atoms with Crippen LogP contribution in [0.2, 0.25) is 0 Å². The van der Waals surface area contributed by atoms with Crippen molar-refractivity contribution in [2.24, 2.45) is 0 Å². The van der Waals surface area contributed by atoms with Gasteiger partial charge in [0.05, 0.1) is 12.2 Å². The molecule has 0 radical (unpaired) electrons. The summed E-state index contributed by atoms with van der Waals surface area (Å²) in [5, 5.41) is 3.74. The van der Waals surface area contributed by atoms with Gasteiger partial charge in [-0.25, -0.2) is 0 Å². The Morgan fingerprint density at radius 2 is 2.10 bits per heavy atom. The lowest BCUT2D eigenvalue weighted by Gasteiger charge is -2.46. The molecule has 2 aromatic heterocycles. The van der Waals surface area contributed by atoms with Crippen molar-refractivity contribution in [2.45, 2.75) is 75.4 Å². The quantitative estimate of drug-likeness (QED) is 0.652. The minimum atomic E-state index is 0.0889. The standard InChI is InChI=1S/C25H34N2O2S/c1-19-16-20-7-14-28-21(23(20)30-19)17-26-13-10-24(22-6-2-5-12-27-22)11-15-29-25(18-24)8-3-4-9-25/h2,5-6,12,16,21,26H,3-4,7-11,13-15,17-18H2,1H3/t21?,24-/m1/s1. The summed E-state index contributed by atoms with van der Waals surface area (Å²) < 4.78 is 12.5. The lowest BCUT2D eigenvalue weighted by Crippen LogP contribution is -2.47. The van der Waals surface area contributed by atoms with E-state index >= 15 is 0 Å². The van der Waals surface area contributed by atoms with E-state index < -0.39 is 0 Å². The van der Waals surface area contributed by atoms with E-state index in [1.165, 1.54) is 46.7 Å². The SMILES string of the molecule is Cc1cc2c(s1)C(CNCC[C@@]1(c3ccccn3)CCOC3(CCCC3)C1)OCC2. The predicted octanol–water partition coefficient (Wildman–Crippen LogP) is 5.11. The second-order valence-electron chi connectivity index (χ2n) is 9.47. The van der Waals surface area contributed by atoms with Crippen LogP contribution in [-0.4, -0.2) is 36.9 Å². The smallest absolute Gasteiger partial charge is 0.104 e. The highest BCUT2D eigenvalue weighted by Crippen LogP contribution is 2.49. The van der Waals surface area contributed by atoms with Crippen LogP contribution in [0, 0.1) is 6.92 Å².